The highest BCUT2D eigenvalue weighted by molar-refractivity contribution is 5.83. The molecule has 3 aromatic rings. The number of tetrazole rings is 1. The van der Waals surface area contributed by atoms with Crippen molar-refractivity contribution < 1.29 is 10.2 Å². The third-order valence-electron chi connectivity index (χ3n) is 5.65. The maximum atomic E-state index is 10.3. The van der Waals surface area contributed by atoms with Crippen molar-refractivity contribution in [2.45, 2.75) is 70.2 Å². The Morgan fingerprint density at radius 1 is 1.10 bits per heavy atom. The van der Waals surface area contributed by atoms with Crippen LogP contribution in [0.2, 0.25) is 0 Å². The summed E-state index contributed by atoms with van der Waals surface area (Å²) in [5, 5.41) is 41.3. The molecule has 12 nitrogen and oxygen atoms in total. The van der Waals surface area contributed by atoms with Crippen molar-refractivity contribution in [1.82, 2.24) is 45.2 Å². The monoisotopic (exact) mass is 414 g/mol. The minimum atomic E-state index is -0.615. The van der Waals surface area contributed by atoms with Gasteiger partial charge in [-0.25, -0.2) is 14.6 Å². The molecule has 3 aromatic heterocycles. The van der Waals surface area contributed by atoms with E-state index in [1.54, 1.807) is 4.80 Å². The molecule has 2 unspecified atom stereocenters. The fourth-order valence-electron chi connectivity index (χ4n) is 3.81. The minimum Gasteiger partial charge on any atom is -0.394 e. The summed E-state index contributed by atoms with van der Waals surface area (Å²) in [4.78, 5) is 12.9. The van der Waals surface area contributed by atoms with Gasteiger partial charge in [0.15, 0.2) is 17.2 Å². The van der Waals surface area contributed by atoms with E-state index in [0.717, 1.165) is 12.8 Å². The summed E-state index contributed by atoms with van der Waals surface area (Å²) in [5.74, 6) is 1.93. The van der Waals surface area contributed by atoms with Crippen molar-refractivity contribution >= 4 is 17.0 Å². The number of rotatable bonds is 5. The molecule has 30 heavy (non-hydrogen) atoms. The second-order valence-corrected chi connectivity index (χ2v) is 9.09. The van der Waals surface area contributed by atoms with E-state index in [2.05, 4.69) is 30.7 Å². The molecule has 2 atom stereocenters. The van der Waals surface area contributed by atoms with E-state index in [1.165, 1.54) is 0 Å². The van der Waals surface area contributed by atoms with Gasteiger partial charge in [-0.1, -0.05) is 20.8 Å². The Labute approximate surface area is 172 Å². The largest absolute Gasteiger partial charge is 0.394 e. The average Bonchev–Trinajstić information content (AvgIpc) is 3.11. The van der Waals surface area contributed by atoms with Crippen molar-refractivity contribution in [2.75, 3.05) is 18.1 Å². The SMILES string of the molecule is CC(C)(C)c1nc(N2CCC(O)C2CO)c2nn(Cc3nnnn3C3CC3)nc2n1. The van der Waals surface area contributed by atoms with E-state index in [-0.39, 0.29) is 12.0 Å². The fourth-order valence-corrected chi connectivity index (χ4v) is 3.81. The van der Waals surface area contributed by atoms with Gasteiger partial charge in [0.05, 0.1) is 24.8 Å². The summed E-state index contributed by atoms with van der Waals surface area (Å²) in [6.07, 6.45) is 2.11. The molecule has 0 bridgehead atoms. The Hall–Kier alpha value is -2.73. The van der Waals surface area contributed by atoms with Gasteiger partial charge >= 0.3 is 0 Å². The van der Waals surface area contributed by atoms with E-state index in [1.807, 2.05) is 30.4 Å². The van der Waals surface area contributed by atoms with Crippen LogP contribution >= 0.6 is 0 Å². The quantitative estimate of drug-likeness (QED) is 0.577. The smallest absolute Gasteiger partial charge is 0.207 e. The van der Waals surface area contributed by atoms with Gasteiger partial charge in [0.25, 0.3) is 0 Å². The Morgan fingerprint density at radius 2 is 1.90 bits per heavy atom. The van der Waals surface area contributed by atoms with Crippen LogP contribution in [0.15, 0.2) is 0 Å². The van der Waals surface area contributed by atoms with E-state index >= 15 is 0 Å². The van der Waals surface area contributed by atoms with Crippen LogP contribution < -0.4 is 4.90 Å². The highest BCUT2D eigenvalue weighted by Gasteiger charge is 2.36. The zero-order valence-corrected chi connectivity index (χ0v) is 17.3. The second kappa shape index (κ2) is 6.91. The van der Waals surface area contributed by atoms with Crippen molar-refractivity contribution in [2.24, 2.45) is 0 Å². The number of aliphatic hydroxyl groups is 2. The Balaban J connectivity index is 1.58. The van der Waals surface area contributed by atoms with Crippen LogP contribution in [-0.4, -0.2) is 80.7 Å². The third-order valence-corrected chi connectivity index (χ3v) is 5.65. The summed E-state index contributed by atoms with van der Waals surface area (Å²) in [5.41, 5.74) is 0.727. The van der Waals surface area contributed by atoms with Crippen LogP contribution in [0.25, 0.3) is 11.2 Å². The van der Waals surface area contributed by atoms with Gasteiger partial charge in [-0.3, -0.25) is 0 Å². The molecule has 160 valence electrons. The molecule has 1 saturated carbocycles. The van der Waals surface area contributed by atoms with Crippen molar-refractivity contribution in [3.63, 3.8) is 0 Å². The zero-order valence-electron chi connectivity index (χ0n) is 17.3. The number of anilines is 1. The normalized spacial score (nSPS) is 22.4. The Morgan fingerprint density at radius 3 is 2.60 bits per heavy atom. The molecule has 1 saturated heterocycles. The number of hydrogen-bond donors (Lipinski definition) is 2. The Kier molecular flexibility index (Phi) is 4.43. The first kappa shape index (κ1) is 19.2. The van der Waals surface area contributed by atoms with Gasteiger partial charge in [-0.2, -0.15) is 4.80 Å². The molecular formula is C18H26N10O2. The third kappa shape index (κ3) is 3.29. The van der Waals surface area contributed by atoms with E-state index in [9.17, 15) is 10.2 Å². The number of hydrogen-bond acceptors (Lipinski definition) is 10. The number of fused-ring (bicyclic) bond motifs is 1. The highest BCUT2D eigenvalue weighted by Crippen LogP contribution is 2.35. The van der Waals surface area contributed by atoms with Gasteiger partial charge in [0.1, 0.15) is 12.4 Å². The first-order valence-electron chi connectivity index (χ1n) is 10.3. The Bertz CT molecular complexity index is 1070. The minimum absolute atomic E-state index is 0.165. The molecule has 0 amide bonds. The van der Waals surface area contributed by atoms with Crippen molar-refractivity contribution in [1.29, 1.82) is 0 Å². The number of aromatic nitrogens is 9. The highest BCUT2D eigenvalue weighted by atomic mass is 16.3. The molecule has 0 aromatic carbocycles. The molecule has 1 aliphatic carbocycles. The van der Waals surface area contributed by atoms with Gasteiger partial charge in [-0.15, -0.1) is 15.3 Å². The lowest BCUT2D eigenvalue weighted by atomic mass is 9.96. The van der Waals surface area contributed by atoms with Gasteiger partial charge in [0.2, 0.25) is 5.65 Å². The van der Waals surface area contributed by atoms with Crippen LogP contribution in [0.5, 0.6) is 0 Å². The molecule has 0 spiro atoms. The maximum Gasteiger partial charge on any atom is 0.207 e. The molecule has 4 heterocycles. The van der Waals surface area contributed by atoms with Crippen molar-refractivity contribution in [3.05, 3.63) is 11.6 Å². The van der Waals surface area contributed by atoms with Crippen LogP contribution in [0.1, 0.15) is 57.7 Å². The van der Waals surface area contributed by atoms with Crippen LogP contribution in [0.4, 0.5) is 5.82 Å². The average molecular weight is 414 g/mol. The predicted octanol–water partition coefficient (Wildman–Crippen LogP) is -0.180. The summed E-state index contributed by atoms with van der Waals surface area (Å²) in [6, 6.07) is -0.0672. The number of nitrogens with zero attached hydrogens (tertiary/aromatic N) is 10. The maximum absolute atomic E-state index is 10.3. The van der Waals surface area contributed by atoms with Gasteiger partial charge < -0.3 is 15.1 Å². The first-order valence-corrected chi connectivity index (χ1v) is 10.3. The summed E-state index contributed by atoms with van der Waals surface area (Å²) in [7, 11) is 0. The summed E-state index contributed by atoms with van der Waals surface area (Å²) >= 11 is 0. The van der Waals surface area contributed by atoms with Crippen LogP contribution in [0.3, 0.4) is 0 Å². The van der Waals surface area contributed by atoms with Gasteiger partial charge in [-0.05, 0) is 29.7 Å². The van der Waals surface area contributed by atoms with Crippen LogP contribution in [0, 0.1) is 0 Å². The first-order chi connectivity index (χ1) is 14.3. The van der Waals surface area contributed by atoms with E-state index < -0.39 is 12.1 Å². The predicted molar refractivity (Wildman–Crippen MR) is 106 cm³/mol. The zero-order chi connectivity index (χ0) is 21.0. The summed E-state index contributed by atoms with van der Waals surface area (Å²) < 4.78 is 1.83. The van der Waals surface area contributed by atoms with E-state index in [4.69, 9.17) is 4.98 Å². The molecule has 12 heteroatoms. The molecule has 2 aliphatic rings. The second-order valence-electron chi connectivity index (χ2n) is 9.09. The molecule has 2 N–H and O–H groups in total. The van der Waals surface area contributed by atoms with Gasteiger partial charge in [0, 0.05) is 12.0 Å². The fraction of sp³-hybridized carbons (Fsp3) is 0.722. The van der Waals surface area contributed by atoms with E-state index in [0.29, 0.717) is 54.2 Å². The molecule has 5 rings (SSSR count). The molecular weight excluding hydrogens is 388 g/mol. The van der Waals surface area contributed by atoms with Crippen LogP contribution in [-0.2, 0) is 12.0 Å². The molecule has 2 fully saturated rings. The molecule has 0 radical (unpaired) electrons. The lowest BCUT2D eigenvalue weighted by Crippen LogP contribution is -2.39. The standard InChI is InChI=1S/C18H26N10O2/c1-18(2,3)17-19-15-14(16(20-17)26-7-6-12(30)11(26)9-29)22-27(23-15)8-13-21-24-25-28(13)10-4-5-10/h10-12,29-30H,4-9H2,1-3H3. The molecule has 1 aliphatic heterocycles. The lowest BCUT2D eigenvalue weighted by Gasteiger charge is -2.27. The summed E-state index contributed by atoms with van der Waals surface area (Å²) in [6.45, 7) is 6.85. The topological polar surface area (TPSA) is 144 Å². The number of aliphatic hydroxyl groups excluding tert-OH is 2. The van der Waals surface area contributed by atoms with Crippen molar-refractivity contribution in [3.8, 4) is 0 Å². The lowest BCUT2D eigenvalue weighted by molar-refractivity contribution is 0.128.